The standard InChI is InChI=1S/C18H25N3/c1-18(2,3)20-13-15-7-9-17(10-8-15)21(4)14-16-6-5-11-19-12-16/h5-12,20H,13-14H2,1-4H3. The van der Waals surface area contributed by atoms with E-state index < -0.39 is 0 Å². The van der Waals surface area contributed by atoms with Crippen LogP contribution >= 0.6 is 0 Å². The lowest BCUT2D eigenvalue weighted by Crippen LogP contribution is -2.35. The molecule has 0 unspecified atom stereocenters. The third-order valence-electron chi connectivity index (χ3n) is 3.34. The minimum Gasteiger partial charge on any atom is -0.370 e. The first-order chi connectivity index (χ1) is 9.94. The van der Waals surface area contributed by atoms with Crippen LogP contribution in [-0.4, -0.2) is 17.6 Å². The smallest absolute Gasteiger partial charge is 0.0441 e. The van der Waals surface area contributed by atoms with Crippen molar-refractivity contribution in [2.45, 2.75) is 39.4 Å². The van der Waals surface area contributed by atoms with Crippen molar-refractivity contribution in [1.82, 2.24) is 10.3 Å². The summed E-state index contributed by atoms with van der Waals surface area (Å²) < 4.78 is 0. The Bertz CT molecular complexity index is 541. The van der Waals surface area contributed by atoms with Crippen LogP contribution in [0.4, 0.5) is 5.69 Å². The van der Waals surface area contributed by atoms with Gasteiger partial charge in [0.25, 0.3) is 0 Å². The van der Waals surface area contributed by atoms with Crippen molar-refractivity contribution in [3.8, 4) is 0 Å². The van der Waals surface area contributed by atoms with Crippen LogP contribution in [-0.2, 0) is 13.1 Å². The van der Waals surface area contributed by atoms with Gasteiger partial charge in [0, 0.05) is 43.8 Å². The van der Waals surface area contributed by atoms with Gasteiger partial charge in [-0.25, -0.2) is 0 Å². The van der Waals surface area contributed by atoms with Crippen molar-refractivity contribution in [2.75, 3.05) is 11.9 Å². The van der Waals surface area contributed by atoms with E-state index in [1.165, 1.54) is 16.8 Å². The van der Waals surface area contributed by atoms with E-state index in [9.17, 15) is 0 Å². The number of hydrogen-bond donors (Lipinski definition) is 1. The fourth-order valence-electron chi connectivity index (χ4n) is 2.09. The quantitative estimate of drug-likeness (QED) is 0.908. The molecule has 3 heteroatoms. The highest BCUT2D eigenvalue weighted by atomic mass is 15.1. The fourth-order valence-corrected chi connectivity index (χ4v) is 2.09. The Morgan fingerprint density at radius 2 is 1.76 bits per heavy atom. The van der Waals surface area contributed by atoms with Gasteiger partial charge in [0.05, 0.1) is 0 Å². The molecule has 1 N–H and O–H groups in total. The zero-order valence-electron chi connectivity index (χ0n) is 13.4. The maximum atomic E-state index is 4.16. The number of benzene rings is 1. The number of aromatic nitrogens is 1. The molecule has 0 spiro atoms. The molecule has 1 aromatic heterocycles. The normalized spacial score (nSPS) is 11.4. The summed E-state index contributed by atoms with van der Waals surface area (Å²) in [5.41, 5.74) is 3.90. The Labute approximate surface area is 128 Å². The third-order valence-corrected chi connectivity index (χ3v) is 3.34. The van der Waals surface area contributed by atoms with Gasteiger partial charge >= 0.3 is 0 Å². The topological polar surface area (TPSA) is 28.2 Å². The average Bonchev–Trinajstić information content (AvgIpc) is 2.46. The van der Waals surface area contributed by atoms with Crippen LogP contribution in [0.25, 0.3) is 0 Å². The number of rotatable bonds is 5. The van der Waals surface area contributed by atoms with Crippen LogP contribution in [0.3, 0.4) is 0 Å². The van der Waals surface area contributed by atoms with Gasteiger partial charge in [0.1, 0.15) is 0 Å². The van der Waals surface area contributed by atoms with Gasteiger partial charge in [0.15, 0.2) is 0 Å². The molecule has 0 bridgehead atoms. The van der Waals surface area contributed by atoms with Gasteiger partial charge < -0.3 is 10.2 Å². The molecule has 0 radical (unpaired) electrons. The average molecular weight is 283 g/mol. The maximum Gasteiger partial charge on any atom is 0.0441 e. The summed E-state index contributed by atoms with van der Waals surface area (Å²) in [7, 11) is 2.11. The minimum absolute atomic E-state index is 0.149. The lowest BCUT2D eigenvalue weighted by atomic mass is 10.1. The van der Waals surface area contributed by atoms with Crippen molar-refractivity contribution in [3.05, 3.63) is 59.9 Å². The Morgan fingerprint density at radius 1 is 1.05 bits per heavy atom. The second-order valence-electron chi connectivity index (χ2n) is 6.49. The molecule has 0 aliphatic rings. The van der Waals surface area contributed by atoms with Crippen LogP contribution in [0.5, 0.6) is 0 Å². The van der Waals surface area contributed by atoms with Crippen LogP contribution in [0.1, 0.15) is 31.9 Å². The van der Waals surface area contributed by atoms with Crippen LogP contribution in [0, 0.1) is 0 Å². The number of nitrogens with zero attached hydrogens (tertiary/aromatic N) is 2. The number of anilines is 1. The van der Waals surface area contributed by atoms with E-state index in [-0.39, 0.29) is 5.54 Å². The van der Waals surface area contributed by atoms with Crippen LogP contribution in [0.15, 0.2) is 48.8 Å². The Morgan fingerprint density at radius 3 is 2.33 bits per heavy atom. The number of hydrogen-bond acceptors (Lipinski definition) is 3. The van der Waals surface area contributed by atoms with E-state index in [0.29, 0.717) is 0 Å². The minimum atomic E-state index is 0.149. The summed E-state index contributed by atoms with van der Waals surface area (Å²) >= 11 is 0. The van der Waals surface area contributed by atoms with Crippen LogP contribution < -0.4 is 10.2 Å². The highest BCUT2D eigenvalue weighted by Crippen LogP contribution is 2.16. The fraction of sp³-hybridized carbons (Fsp3) is 0.389. The van der Waals surface area contributed by atoms with Gasteiger partial charge in [-0.3, -0.25) is 4.98 Å². The van der Waals surface area contributed by atoms with Gasteiger partial charge in [-0.05, 0) is 50.1 Å². The molecule has 0 atom stereocenters. The first kappa shape index (κ1) is 15.5. The molecule has 2 rings (SSSR count). The zero-order valence-corrected chi connectivity index (χ0v) is 13.4. The third kappa shape index (κ3) is 5.20. The lowest BCUT2D eigenvalue weighted by Gasteiger charge is -2.22. The molecule has 1 aromatic carbocycles. The molecule has 0 fully saturated rings. The van der Waals surface area contributed by atoms with Crippen molar-refractivity contribution >= 4 is 5.69 Å². The molecular weight excluding hydrogens is 258 g/mol. The number of pyridine rings is 1. The summed E-state index contributed by atoms with van der Waals surface area (Å²) in [4.78, 5) is 6.39. The monoisotopic (exact) mass is 283 g/mol. The molecule has 0 saturated carbocycles. The van der Waals surface area contributed by atoms with Crippen molar-refractivity contribution in [2.24, 2.45) is 0 Å². The van der Waals surface area contributed by atoms with Gasteiger partial charge in [-0.15, -0.1) is 0 Å². The molecule has 21 heavy (non-hydrogen) atoms. The molecule has 112 valence electrons. The summed E-state index contributed by atoms with van der Waals surface area (Å²) in [6.45, 7) is 8.32. The molecular formula is C18H25N3. The van der Waals surface area contributed by atoms with E-state index >= 15 is 0 Å². The second kappa shape index (κ2) is 6.72. The van der Waals surface area contributed by atoms with Crippen molar-refractivity contribution < 1.29 is 0 Å². The van der Waals surface area contributed by atoms with E-state index in [2.05, 4.69) is 73.4 Å². The second-order valence-corrected chi connectivity index (χ2v) is 6.49. The van der Waals surface area contributed by atoms with Crippen molar-refractivity contribution in [1.29, 1.82) is 0 Å². The van der Waals surface area contributed by atoms with E-state index in [1.54, 1.807) is 6.20 Å². The number of nitrogens with one attached hydrogen (secondary N) is 1. The van der Waals surface area contributed by atoms with Crippen LogP contribution in [0.2, 0.25) is 0 Å². The van der Waals surface area contributed by atoms with Gasteiger partial charge in [0.2, 0.25) is 0 Å². The Hall–Kier alpha value is -1.87. The molecule has 3 nitrogen and oxygen atoms in total. The molecule has 0 saturated heterocycles. The summed E-state index contributed by atoms with van der Waals surface area (Å²) in [5.74, 6) is 0. The predicted molar refractivity (Wildman–Crippen MR) is 89.4 cm³/mol. The summed E-state index contributed by atoms with van der Waals surface area (Å²) in [6, 6.07) is 12.8. The van der Waals surface area contributed by atoms with E-state index in [4.69, 9.17) is 0 Å². The molecule has 1 heterocycles. The molecule has 0 aliphatic carbocycles. The molecule has 0 amide bonds. The first-order valence-corrected chi connectivity index (χ1v) is 7.38. The SMILES string of the molecule is CN(Cc1cccnc1)c1ccc(CNC(C)(C)C)cc1. The largest absolute Gasteiger partial charge is 0.370 e. The summed E-state index contributed by atoms with van der Waals surface area (Å²) in [6.07, 6.45) is 3.72. The lowest BCUT2D eigenvalue weighted by molar-refractivity contribution is 0.424. The molecule has 0 aliphatic heterocycles. The highest BCUT2D eigenvalue weighted by Gasteiger charge is 2.08. The predicted octanol–water partition coefficient (Wildman–Crippen LogP) is 3.61. The summed E-state index contributed by atoms with van der Waals surface area (Å²) in [5, 5.41) is 3.50. The van der Waals surface area contributed by atoms with Gasteiger partial charge in [-0.1, -0.05) is 18.2 Å². The van der Waals surface area contributed by atoms with E-state index in [1.807, 2.05) is 12.3 Å². The van der Waals surface area contributed by atoms with Gasteiger partial charge in [-0.2, -0.15) is 0 Å². The highest BCUT2D eigenvalue weighted by molar-refractivity contribution is 5.47. The van der Waals surface area contributed by atoms with E-state index in [0.717, 1.165) is 13.1 Å². The zero-order chi connectivity index (χ0) is 15.3. The maximum absolute atomic E-state index is 4.16. The Kier molecular flexibility index (Phi) is 4.97. The van der Waals surface area contributed by atoms with Crippen molar-refractivity contribution in [3.63, 3.8) is 0 Å². The first-order valence-electron chi connectivity index (χ1n) is 7.38. The Balaban J connectivity index is 1.95. The molecule has 2 aromatic rings.